The molecule has 2 heterocycles. The molecule has 0 aliphatic carbocycles. The van der Waals surface area contributed by atoms with Gasteiger partial charge in [-0.15, -0.1) is 24.0 Å². The van der Waals surface area contributed by atoms with Crippen molar-refractivity contribution in [3.05, 3.63) is 95.8 Å². The van der Waals surface area contributed by atoms with Gasteiger partial charge in [0.2, 0.25) is 0 Å². The molecular weight excluding hydrogens is 535 g/mol. The number of hydrogen-bond donors (Lipinski definition) is 2. The van der Waals surface area contributed by atoms with Crippen LogP contribution in [0, 0.1) is 0 Å². The fourth-order valence-electron chi connectivity index (χ4n) is 4.18. The Bertz CT molecular complexity index is 1000. The molecule has 0 unspecified atom stereocenters. The quantitative estimate of drug-likeness (QED) is 0.244. The minimum Gasteiger partial charge on any atom is -0.369 e. The number of aromatic nitrogens is 1. The fourth-order valence-corrected chi connectivity index (χ4v) is 4.18. The number of pyridine rings is 1. The molecular formula is C27H35IN6. The maximum Gasteiger partial charge on any atom is 0.191 e. The van der Waals surface area contributed by atoms with Crippen LogP contribution in [0.3, 0.4) is 0 Å². The van der Waals surface area contributed by atoms with Crippen molar-refractivity contribution >= 4 is 35.6 Å². The molecule has 0 spiro atoms. The number of nitrogens with zero attached hydrogens (tertiary/aromatic N) is 4. The third-order valence-corrected chi connectivity index (χ3v) is 6.08. The summed E-state index contributed by atoms with van der Waals surface area (Å²) in [4.78, 5) is 13.8. The lowest BCUT2D eigenvalue weighted by Gasteiger charge is -2.36. The van der Waals surface area contributed by atoms with E-state index in [9.17, 15) is 0 Å². The molecule has 0 atom stereocenters. The minimum atomic E-state index is 0. The van der Waals surface area contributed by atoms with E-state index in [-0.39, 0.29) is 24.0 Å². The maximum atomic E-state index is 4.38. The zero-order chi connectivity index (χ0) is 22.7. The molecule has 34 heavy (non-hydrogen) atoms. The maximum absolute atomic E-state index is 4.38. The summed E-state index contributed by atoms with van der Waals surface area (Å²) in [6.45, 7) is 6.81. The Morgan fingerprint density at radius 1 is 0.853 bits per heavy atom. The standard InChI is InChI=1S/C27H34N6.HI/c1-28-27(30-16-14-25-11-7-8-15-29-25)31-21-23-9-5-6-10-24(23)22-32-17-19-33(20-18-32)26-12-3-2-4-13-26;/h2-13,15H,14,16-22H2,1H3,(H2,28,30,31);1H. The lowest BCUT2D eigenvalue weighted by atomic mass is 10.1. The lowest BCUT2D eigenvalue weighted by Crippen LogP contribution is -2.46. The van der Waals surface area contributed by atoms with Crippen LogP contribution in [0.1, 0.15) is 16.8 Å². The molecule has 0 saturated carbocycles. The van der Waals surface area contributed by atoms with Crippen LogP contribution in [0.25, 0.3) is 0 Å². The number of rotatable bonds is 8. The number of anilines is 1. The SMILES string of the molecule is CN=C(NCCc1ccccn1)NCc1ccccc1CN1CCN(c2ccccc2)CC1.I. The normalized spacial score (nSPS) is 14.4. The monoisotopic (exact) mass is 570 g/mol. The molecule has 0 bridgehead atoms. The molecule has 7 heteroatoms. The van der Waals surface area contributed by atoms with E-state index in [1.807, 2.05) is 31.4 Å². The van der Waals surface area contributed by atoms with E-state index in [1.165, 1.54) is 16.8 Å². The Hall–Kier alpha value is -2.65. The summed E-state index contributed by atoms with van der Waals surface area (Å²) in [5.74, 6) is 0.817. The average Bonchev–Trinajstić information content (AvgIpc) is 2.88. The second kappa shape index (κ2) is 13.9. The van der Waals surface area contributed by atoms with Crippen molar-refractivity contribution in [2.45, 2.75) is 19.5 Å². The first kappa shape index (κ1) is 26.0. The molecule has 4 rings (SSSR count). The van der Waals surface area contributed by atoms with Crippen LogP contribution in [0.4, 0.5) is 5.69 Å². The van der Waals surface area contributed by atoms with Crippen LogP contribution in [-0.4, -0.2) is 55.6 Å². The van der Waals surface area contributed by atoms with Crippen molar-refractivity contribution < 1.29 is 0 Å². The third-order valence-electron chi connectivity index (χ3n) is 6.08. The van der Waals surface area contributed by atoms with Crippen LogP contribution >= 0.6 is 24.0 Å². The van der Waals surface area contributed by atoms with Crippen molar-refractivity contribution in [3.63, 3.8) is 0 Å². The number of aliphatic imine (C=N–C) groups is 1. The van der Waals surface area contributed by atoms with Crippen molar-refractivity contribution in [2.75, 3.05) is 44.7 Å². The smallest absolute Gasteiger partial charge is 0.191 e. The highest BCUT2D eigenvalue weighted by Gasteiger charge is 2.18. The van der Waals surface area contributed by atoms with Gasteiger partial charge in [0.15, 0.2) is 5.96 Å². The summed E-state index contributed by atoms with van der Waals surface area (Å²) >= 11 is 0. The van der Waals surface area contributed by atoms with E-state index in [2.05, 4.69) is 85.0 Å². The topological polar surface area (TPSA) is 55.8 Å². The van der Waals surface area contributed by atoms with E-state index in [0.29, 0.717) is 0 Å². The highest BCUT2D eigenvalue weighted by atomic mass is 127. The molecule has 1 fully saturated rings. The van der Waals surface area contributed by atoms with Crippen molar-refractivity contribution in [1.82, 2.24) is 20.5 Å². The molecule has 0 radical (unpaired) electrons. The van der Waals surface area contributed by atoms with Gasteiger partial charge in [-0.25, -0.2) is 0 Å². The van der Waals surface area contributed by atoms with Crippen LogP contribution in [-0.2, 0) is 19.5 Å². The number of halogens is 1. The van der Waals surface area contributed by atoms with Gasteiger partial charge in [0.1, 0.15) is 0 Å². The highest BCUT2D eigenvalue weighted by Crippen LogP contribution is 2.18. The van der Waals surface area contributed by atoms with Crippen molar-refractivity contribution in [1.29, 1.82) is 0 Å². The first-order valence-corrected chi connectivity index (χ1v) is 11.8. The average molecular weight is 571 g/mol. The molecule has 2 N–H and O–H groups in total. The molecule has 1 saturated heterocycles. The van der Waals surface area contributed by atoms with Crippen LogP contribution in [0.5, 0.6) is 0 Å². The summed E-state index contributed by atoms with van der Waals surface area (Å²) in [6, 6.07) is 25.4. The Kier molecular flexibility index (Phi) is 10.6. The number of para-hydroxylation sites is 1. The van der Waals surface area contributed by atoms with Gasteiger partial charge in [-0.3, -0.25) is 14.9 Å². The fraction of sp³-hybridized carbons (Fsp3) is 0.333. The predicted molar refractivity (Wildman–Crippen MR) is 152 cm³/mol. The number of nitrogens with one attached hydrogen (secondary N) is 2. The number of guanidine groups is 1. The highest BCUT2D eigenvalue weighted by molar-refractivity contribution is 14.0. The molecule has 180 valence electrons. The third kappa shape index (κ3) is 7.70. The summed E-state index contributed by atoms with van der Waals surface area (Å²) in [5, 5.41) is 6.86. The van der Waals surface area contributed by atoms with E-state index in [4.69, 9.17) is 0 Å². The van der Waals surface area contributed by atoms with Crippen molar-refractivity contribution in [2.24, 2.45) is 4.99 Å². The predicted octanol–water partition coefficient (Wildman–Crippen LogP) is 3.93. The van der Waals surface area contributed by atoms with Gasteiger partial charge in [0, 0.05) is 76.9 Å². The summed E-state index contributed by atoms with van der Waals surface area (Å²) < 4.78 is 0. The second-order valence-electron chi connectivity index (χ2n) is 8.29. The second-order valence-corrected chi connectivity index (χ2v) is 8.29. The largest absolute Gasteiger partial charge is 0.369 e. The Morgan fingerprint density at radius 3 is 2.26 bits per heavy atom. The molecule has 0 amide bonds. The van der Waals surface area contributed by atoms with Gasteiger partial charge in [0.05, 0.1) is 0 Å². The summed E-state index contributed by atoms with van der Waals surface area (Å²) in [6.07, 6.45) is 2.70. The van der Waals surface area contributed by atoms with Crippen molar-refractivity contribution in [3.8, 4) is 0 Å². The zero-order valence-corrected chi connectivity index (χ0v) is 22.2. The lowest BCUT2D eigenvalue weighted by molar-refractivity contribution is 0.249. The van der Waals surface area contributed by atoms with Gasteiger partial charge < -0.3 is 15.5 Å². The molecule has 2 aromatic carbocycles. The van der Waals surface area contributed by atoms with Gasteiger partial charge in [-0.05, 0) is 35.4 Å². The minimum absolute atomic E-state index is 0. The Balaban J connectivity index is 0.00000324. The number of benzene rings is 2. The molecule has 6 nitrogen and oxygen atoms in total. The Labute approximate surface area is 220 Å². The van der Waals surface area contributed by atoms with E-state index < -0.39 is 0 Å². The summed E-state index contributed by atoms with van der Waals surface area (Å²) in [7, 11) is 1.81. The molecule has 3 aromatic rings. The van der Waals surface area contributed by atoms with Gasteiger partial charge >= 0.3 is 0 Å². The molecule has 1 aromatic heterocycles. The van der Waals surface area contributed by atoms with Crippen LogP contribution in [0.15, 0.2) is 84.0 Å². The number of piperazine rings is 1. The van der Waals surface area contributed by atoms with Gasteiger partial charge in [-0.2, -0.15) is 0 Å². The van der Waals surface area contributed by atoms with Crippen LogP contribution in [0.2, 0.25) is 0 Å². The molecule has 1 aliphatic heterocycles. The van der Waals surface area contributed by atoms with Crippen LogP contribution < -0.4 is 15.5 Å². The number of hydrogen-bond acceptors (Lipinski definition) is 4. The van der Waals surface area contributed by atoms with E-state index in [0.717, 1.165) is 63.9 Å². The van der Waals surface area contributed by atoms with E-state index in [1.54, 1.807) is 0 Å². The Morgan fingerprint density at radius 2 is 1.56 bits per heavy atom. The summed E-state index contributed by atoms with van der Waals surface area (Å²) in [5.41, 5.74) is 5.10. The molecule has 1 aliphatic rings. The zero-order valence-electron chi connectivity index (χ0n) is 19.9. The van der Waals surface area contributed by atoms with Gasteiger partial charge in [-0.1, -0.05) is 48.5 Å². The van der Waals surface area contributed by atoms with E-state index >= 15 is 0 Å². The van der Waals surface area contributed by atoms with Gasteiger partial charge in [0.25, 0.3) is 0 Å². The first-order valence-electron chi connectivity index (χ1n) is 11.8. The first-order chi connectivity index (χ1) is 16.3.